The standard InChI is InChI=1S/C26H29NO6/c1-13-8-18(9-14(2)24(13)28)22-16(4)27-15(3)10-17-11-20(30-5)21(31-6)12-19(17)23(27)25(22)33-26(29)32-7/h8-9,11-12,15,28H,10H2,1-7H3. The van der Waals surface area contributed by atoms with Crippen molar-refractivity contribution >= 4 is 6.16 Å². The summed E-state index contributed by atoms with van der Waals surface area (Å²) >= 11 is 0. The van der Waals surface area contributed by atoms with E-state index in [4.69, 9.17) is 18.9 Å². The van der Waals surface area contributed by atoms with Gasteiger partial charge in [-0.05, 0) is 80.6 Å². The minimum absolute atomic E-state index is 0.110. The maximum atomic E-state index is 12.3. The molecule has 33 heavy (non-hydrogen) atoms. The smallest absolute Gasteiger partial charge is 0.507 e. The molecular weight excluding hydrogens is 422 g/mol. The van der Waals surface area contributed by atoms with Crippen LogP contribution in [0, 0.1) is 20.8 Å². The Kier molecular flexibility index (Phi) is 5.74. The van der Waals surface area contributed by atoms with E-state index in [1.54, 1.807) is 14.2 Å². The van der Waals surface area contributed by atoms with Gasteiger partial charge in [-0.3, -0.25) is 0 Å². The van der Waals surface area contributed by atoms with Crippen molar-refractivity contribution in [3.8, 4) is 45.4 Å². The fourth-order valence-electron chi connectivity index (χ4n) is 4.87. The first-order chi connectivity index (χ1) is 15.7. The van der Waals surface area contributed by atoms with Crippen LogP contribution in [0.1, 0.15) is 35.3 Å². The number of hydrogen-bond donors (Lipinski definition) is 1. The number of nitrogens with zero attached hydrogens (tertiary/aromatic N) is 1. The van der Waals surface area contributed by atoms with E-state index in [0.717, 1.165) is 51.2 Å². The van der Waals surface area contributed by atoms with Crippen LogP contribution in [0.2, 0.25) is 0 Å². The minimum Gasteiger partial charge on any atom is -0.507 e. The van der Waals surface area contributed by atoms with Gasteiger partial charge in [-0.25, -0.2) is 4.79 Å². The van der Waals surface area contributed by atoms with E-state index >= 15 is 0 Å². The zero-order valence-corrected chi connectivity index (χ0v) is 20.0. The summed E-state index contributed by atoms with van der Waals surface area (Å²) in [6.07, 6.45) is -0.0136. The number of aromatic hydroxyl groups is 1. The van der Waals surface area contributed by atoms with E-state index in [9.17, 15) is 9.90 Å². The van der Waals surface area contributed by atoms with Gasteiger partial charge < -0.3 is 28.6 Å². The predicted octanol–water partition coefficient (Wildman–Crippen LogP) is 5.73. The Morgan fingerprint density at radius 3 is 2.18 bits per heavy atom. The van der Waals surface area contributed by atoms with Gasteiger partial charge in [0.05, 0.1) is 27.0 Å². The molecule has 2 aromatic carbocycles. The third kappa shape index (κ3) is 3.57. The van der Waals surface area contributed by atoms with Gasteiger partial charge in [0.25, 0.3) is 0 Å². The third-order valence-electron chi connectivity index (χ3n) is 6.36. The number of rotatable bonds is 4. The van der Waals surface area contributed by atoms with Gasteiger partial charge in [-0.1, -0.05) is 0 Å². The quantitative estimate of drug-likeness (QED) is 0.510. The summed E-state index contributed by atoms with van der Waals surface area (Å²) in [5.74, 6) is 1.92. The first kappa shape index (κ1) is 22.6. The average Bonchev–Trinajstić information content (AvgIpc) is 3.08. The molecule has 0 amide bonds. The highest BCUT2D eigenvalue weighted by molar-refractivity contribution is 5.89. The molecule has 1 N–H and O–H groups in total. The second kappa shape index (κ2) is 8.39. The van der Waals surface area contributed by atoms with Crippen molar-refractivity contribution in [2.75, 3.05) is 21.3 Å². The number of carbonyl (C=O) groups is 1. The Labute approximate surface area is 193 Å². The molecular formula is C26H29NO6. The first-order valence-electron chi connectivity index (χ1n) is 10.8. The minimum atomic E-state index is -0.794. The molecule has 7 heteroatoms. The highest BCUT2D eigenvalue weighted by Crippen LogP contribution is 2.51. The summed E-state index contributed by atoms with van der Waals surface area (Å²) in [4.78, 5) is 12.3. The number of fused-ring (bicyclic) bond motifs is 3. The second-order valence-corrected chi connectivity index (χ2v) is 8.44. The molecule has 1 atom stereocenters. The van der Waals surface area contributed by atoms with Gasteiger partial charge >= 0.3 is 6.16 Å². The molecule has 1 aliphatic heterocycles. The third-order valence-corrected chi connectivity index (χ3v) is 6.36. The highest BCUT2D eigenvalue weighted by Gasteiger charge is 2.34. The van der Waals surface area contributed by atoms with Crippen LogP contribution in [0.3, 0.4) is 0 Å². The molecule has 3 aromatic rings. The van der Waals surface area contributed by atoms with Crippen LogP contribution in [0.4, 0.5) is 4.79 Å². The number of aryl methyl sites for hydroxylation is 2. The summed E-state index contributed by atoms with van der Waals surface area (Å²) in [6.45, 7) is 7.86. The largest absolute Gasteiger partial charge is 0.513 e. The average molecular weight is 452 g/mol. The molecule has 1 aromatic heterocycles. The summed E-state index contributed by atoms with van der Waals surface area (Å²) in [5, 5.41) is 10.3. The van der Waals surface area contributed by atoms with Crippen molar-refractivity contribution < 1.29 is 28.8 Å². The van der Waals surface area contributed by atoms with E-state index in [2.05, 4.69) is 11.5 Å². The van der Waals surface area contributed by atoms with Gasteiger partial charge in [0, 0.05) is 22.9 Å². The molecule has 2 heterocycles. The highest BCUT2D eigenvalue weighted by atomic mass is 16.7. The molecule has 0 aliphatic carbocycles. The first-order valence-corrected chi connectivity index (χ1v) is 10.8. The Morgan fingerprint density at radius 1 is 1.00 bits per heavy atom. The maximum absolute atomic E-state index is 12.3. The van der Waals surface area contributed by atoms with Crippen LogP contribution in [-0.4, -0.2) is 37.2 Å². The van der Waals surface area contributed by atoms with Crippen molar-refractivity contribution in [1.29, 1.82) is 0 Å². The van der Waals surface area contributed by atoms with Gasteiger partial charge in [-0.2, -0.15) is 0 Å². The summed E-state index contributed by atoms with van der Waals surface area (Å²) in [5.41, 5.74) is 6.87. The fourth-order valence-corrected chi connectivity index (χ4v) is 4.87. The van der Waals surface area contributed by atoms with Crippen molar-refractivity contribution in [1.82, 2.24) is 4.57 Å². The molecule has 0 fully saturated rings. The molecule has 7 nitrogen and oxygen atoms in total. The Morgan fingerprint density at radius 2 is 1.61 bits per heavy atom. The molecule has 4 rings (SSSR count). The molecule has 0 saturated carbocycles. The normalized spacial score (nSPS) is 14.3. The molecule has 0 saturated heterocycles. The number of hydrogen-bond acceptors (Lipinski definition) is 6. The SMILES string of the molecule is COC(=O)Oc1c(-c2cc(C)c(O)c(C)c2)c(C)n2c1-c1cc(OC)c(OC)cc1CC2C. The van der Waals surface area contributed by atoms with E-state index in [1.165, 1.54) is 7.11 Å². The van der Waals surface area contributed by atoms with Crippen molar-refractivity contribution in [3.05, 3.63) is 46.6 Å². The lowest BCUT2D eigenvalue weighted by Crippen LogP contribution is -2.18. The van der Waals surface area contributed by atoms with Gasteiger partial charge in [-0.15, -0.1) is 0 Å². The number of benzene rings is 2. The van der Waals surface area contributed by atoms with Crippen LogP contribution in [0.5, 0.6) is 23.0 Å². The number of methoxy groups -OCH3 is 3. The van der Waals surface area contributed by atoms with Gasteiger partial charge in [0.15, 0.2) is 17.2 Å². The van der Waals surface area contributed by atoms with Crippen molar-refractivity contribution in [2.24, 2.45) is 0 Å². The lowest BCUT2D eigenvalue weighted by molar-refractivity contribution is 0.122. The number of ether oxygens (including phenoxy) is 4. The monoisotopic (exact) mass is 451 g/mol. The summed E-state index contributed by atoms with van der Waals surface area (Å²) in [7, 11) is 4.50. The molecule has 0 radical (unpaired) electrons. The number of phenols is 1. The molecule has 1 aliphatic rings. The Hall–Kier alpha value is -3.61. The van der Waals surface area contributed by atoms with Crippen LogP contribution in [0.15, 0.2) is 24.3 Å². The molecule has 1 unspecified atom stereocenters. The van der Waals surface area contributed by atoms with Gasteiger partial charge in [0.1, 0.15) is 5.75 Å². The number of phenolic OH excluding ortho intramolecular Hbond substituents is 1. The van der Waals surface area contributed by atoms with E-state index in [1.807, 2.05) is 45.0 Å². The summed E-state index contributed by atoms with van der Waals surface area (Å²) in [6, 6.07) is 7.82. The molecule has 174 valence electrons. The van der Waals surface area contributed by atoms with E-state index < -0.39 is 6.16 Å². The van der Waals surface area contributed by atoms with E-state index in [-0.39, 0.29) is 11.8 Å². The predicted molar refractivity (Wildman–Crippen MR) is 126 cm³/mol. The Balaban J connectivity index is 2.08. The lowest BCUT2D eigenvalue weighted by atomic mass is 9.93. The number of carbonyl (C=O) groups excluding carboxylic acids is 1. The molecule has 0 bridgehead atoms. The summed E-state index contributed by atoms with van der Waals surface area (Å²) < 4.78 is 23.9. The topological polar surface area (TPSA) is 79.2 Å². The molecule has 0 spiro atoms. The van der Waals surface area contributed by atoms with E-state index in [0.29, 0.717) is 17.2 Å². The fraction of sp³-hybridized carbons (Fsp3) is 0.346. The van der Waals surface area contributed by atoms with Crippen LogP contribution in [-0.2, 0) is 11.2 Å². The zero-order valence-electron chi connectivity index (χ0n) is 20.0. The lowest BCUT2D eigenvalue weighted by Gasteiger charge is -2.28. The van der Waals surface area contributed by atoms with Crippen LogP contribution in [0.25, 0.3) is 22.4 Å². The second-order valence-electron chi connectivity index (χ2n) is 8.44. The van der Waals surface area contributed by atoms with Gasteiger partial charge in [0.2, 0.25) is 0 Å². The van der Waals surface area contributed by atoms with Crippen LogP contribution < -0.4 is 14.2 Å². The number of aromatic nitrogens is 1. The maximum Gasteiger partial charge on any atom is 0.513 e. The van der Waals surface area contributed by atoms with Crippen LogP contribution >= 0.6 is 0 Å². The Bertz CT molecular complexity index is 1230. The van der Waals surface area contributed by atoms with Crippen molar-refractivity contribution in [2.45, 2.75) is 40.2 Å². The van der Waals surface area contributed by atoms with Crippen molar-refractivity contribution in [3.63, 3.8) is 0 Å². The zero-order chi connectivity index (χ0) is 24.0.